The van der Waals surface area contributed by atoms with Crippen LogP contribution < -0.4 is 0 Å². The lowest BCUT2D eigenvalue weighted by Crippen LogP contribution is -2.47. The zero-order valence-corrected chi connectivity index (χ0v) is 7.24. The third-order valence-corrected chi connectivity index (χ3v) is 3.28. The molecule has 0 amide bonds. The summed E-state index contributed by atoms with van der Waals surface area (Å²) in [4.78, 5) is 0. The van der Waals surface area contributed by atoms with Crippen LogP contribution in [0, 0.1) is 5.92 Å². The van der Waals surface area contributed by atoms with Crippen LogP contribution in [0.15, 0.2) is 12.2 Å². The van der Waals surface area contributed by atoms with Crippen molar-refractivity contribution < 1.29 is 10.2 Å². The van der Waals surface area contributed by atoms with Crippen LogP contribution in [0.25, 0.3) is 0 Å². The minimum Gasteiger partial charge on any atom is -0.389 e. The summed E-state index contributed by atoms with van der Waals surface area (Å²) in [6, 6.07) is 0. The molecule has 0 aromatic rings. The molecule has 2 N–H and O–H groups in total. The number of fused-ring (bicyclic) bond motifs is 1. The van der Waals surface area contributed by atoms with Gasteiger partial charge in [0.2, 0.25) is 0 Å². The van der Waals surface area contributed by atoms with E-state index >= 15 is 0 Å². The number of aliphatic hydroxyl groups is 2. The highest BCUT2D eigenvalue weighted by atomic mass is 16.3. The predicted molar refractivity (Wildman–Crippen MR) is 46.7 cm³/mol. The Balaban J connectivity index is 2.21. The van der Waals surface area contributed by atoms with Gasteiger partial charge >= 0.3 is 0 Å². The Kier molecular flexibility index (Phi) is 1.97. The molecule has 2 aliphatic rings. The highest BCUT2D eigenvalue weighted by Gasteiger charge is 2.42. The van der Waals surface area contributed by atoms with Gasteiger partial charge in [-0.2, -0.15) is 0 Å². The Morgan fingerprint density at radius 3 is 2.92 bits per heavy atom. The van der Waals surface area contributed by atoms with E-state index in [9.17, 15) is 10.2 Å². The number of rotatable bonds is 0. The molecule has 0 aliphatic heterocycles. The predicted octanol–water partition coefficient (Wildman–Crippen LogP) is 1.23. The third kappa shape index (κ3) is 1.19. The van der Waals surface area contributed by atoms with Crippen LogP contribution in [0.1, 0.15) is 32.1 Å². The second-order valence-corrected chi connectivity index (χ2v) is 4.08. The molecule has 1 fully saturated rings. The summed E-state index contributed by atoms with van der Waals surface area (Å²) in [6.45, 7) is 0. The van der Waals surface area contributed by atoms with Crippen LogP contribution >= 0.6 is 0 Å². The smallest absolute Gasteiger partial charge is 0.0776 e. The van der Waals surface area contributed by atoms with E-state index in [4.69, 9.17) is 0 Å². The van der Waals surface area contributed by atoms with Crippen LogP contribution in [-0.2, 0) is 0 Å². The molecule has 0 unspecified atom stereocenters. The van der Waals surface area contributed by atoms with Crippen LogP contribution in [0.5, 0.6) is 0 Å². The van der Waals surface area contributed by atoms with Gasteiger partial charge in [-0.25, -0.2) is 0 Å². The molecule has 12 heavy (non-hydrogen) atoms. The van der Waals surface area contributed by atoms with Gasteiger partial charge in [0.1, 0.15) is 0 Å². The lowest BCUT2D eigenvalue weighted by atomic mass is 9.68. The van der Waals surface area contributed by atoms with E-state index in [1.54, 1.807) is 0 Å². The largest absolute Gasteiger partial charge is 0.389 e. The topological polar surface area (TPSA) is 40.5 Å². The van der Waals surface area contributed by atoms with Gasteiger partial charge in [0.15, 0.2) is 0 Å². The summed E-state index contributed by atoms with van der Waals surface area (Å²) in [7, 11) is 0. The molecule has 3 atom stereocenters. The minimum absolute atomic E-state index is 0.0937. The van der Waals surface area contributed by atoms with E-state index in [-0.39, 0.29) is 5.92 Å². The molecule has 68 valence electrons. The quantitative estimate of drug-likeness (QED) is 0.534. The summed E-state index contributed by atoms with van der Waals surface area (Å²) < 4.78 is 0. The van der Waals surface area contributed by atoms with Gasteiger partial charge < -0.3 is 10.2 Å². The van der Waals surface area contributed by atoms with Crippen molar-refractivity contribution in [2.75, 3.05) is 0 Å². The maximum atomic E-state index is 10.2. The standard InChI is InChI=1S/C10H16O2/c11-9-5-3-7-10(12)6-2-1-4-8(9)10/h3,5,8-9,11-12H,1-2,4,6-7H2/t8-,9+,10+/m1/s1. The fourth-order valence-electron chi connectivity index (χ4n) is 2.54. The molecule has 0 aromatic carbocycles. The van der Waals surface area contributed by atoms with Crippen molar-refractivity contribution in [1.29, 1.82) is 0 Å². The normalized spacial score (nSPS) is 47.2. The van der Waals surface area contributed by atoms with Crippen molar-refractivity contribution in [3.63, 3.8) is 0 Å². The average Bonchev–Trinajstić information content (AvgIpc) is 2.04. The molecular formula is C10H16O2. The Morgan fingerprint density at radius 1 is 1.33 bits per heavy atom. The first-order valence-corrected chi connectivity index (χ1v) is 4.79. The van der Waals surface area contributed by atoms with Gasteiger partial charge in [-0.1, -0.05) is 25.0 Å². The maximum absolute atomic E-state index is 10.2. The molecule has 0 bridgehead atoms. The van der Waals surface area contributed by atoms with E-state index in [1.807, 2.05) is 12.2 Å². The molecule has 0 radical (unpaired) electrons. The highest BCUT2D eigenvalue weighted by Crippen LogP contribution is 2.41. The van der Waals surface area contributed by atoms with Gasteiger partial charge in [-0.15, -0.1) is 0 Å². The van der Waals surface area contributed by atoms with Crippen molar-refractivity contribution in [3.8, 4) is 0 Å². The maximum Gasteiger partial charge on any atom is 0.0776 e. The summed E-state index contributed by atoms with van der Waals surface area (Å²) in [5, 5.41) is 19.8. The van der Waals surface area contributed by atoms with E-state index in [2.05, 4.69) is 0 Å². The first-order chi connectivity index (χ1) is 5.72. The monoisotopic (exact) mass is 168 g/mol. The zero-order chi connectivity index (χ0) is 8.60. The van der Waals surface area contributed by atoms with Crippen molar-refractivity contribution in [2.24, 2.45) is 5.92 Å². The third-order valence-electron chi connectivity index (χ3n) is 3.28. The van der Waals surface area contributed by atoms with Gasteiger partial charge in [0.05, 0.1) is 11.7 Å². The van der Waals surface area contributed by atoms with Crippen LogP contribution in [0.4, 0.5) is 0 Å². The van der Waals surface area contributed by atoms with Crippen molar-refractivity contribution in [2.45, 2.75) is 43.8 Å². The second-order valence-electron chi connectivity index (χ2n) is 4.08. The first-order valence-electron chi connectivity index (χ1n) is 4.79. The van der Waals surface area contributed by atoms with E-state index < -0.39 is 11.7 Å². The summed E-state index contributed by atoms with van der Waals surface area (Å²) in [5.74, 6) is 0.0937. The molecular weight excluding hydrogens is 152 g/mol. The molecule has 2 aliphatic carbocycles. The average molecular weight is 168 g/mol. The van der Waals surface area contributed by atoms with Crippen molar-refractivity contribution in [3.05, 3.63) is 12.2 Å². The molecule has 0 heterocycles. The van der Waals surface area contributed by atoms with E-state index in [1.165, 1.54) is 0 Å². The Bertz CT molecular complexity index is 200. The van der Waals surface area contributed by atoms with Gasteiger partial charge in [0, 0.05) is 5.92 Å². The van der Waals surface area contributed by atoms with Crippen molar-refractivity contribution >= 4 is 0 Å². The molecule has 1 saturated carbocycles. The first kappa shape index (κ1) is 8.27. The van der Waals surface area contributed by atoms with Crippen LogP contribution in [-0.4, -0.2) is 21.9 Å². The minimum atomic E-state index is -0.591. The number of hydrogen-bond acceptors (Lipinski definition) is 2. The van der Waals surface area contributed by atoms with E-state index in [0.717, 1.165) is 32.1 Å². The molecule has 2 heteroatoms. The Hall–Kier alpha value is -0.340. The molecule has 2 nitrogen and oxygen atoms in total. The lowest BCUT2D eigenvalue weighted by Gasteiger charge is -2.43. The van der Waals surface area contributed by atoms with Gasteiger partial charge in [0.25, 0.3) is 0 Å². The Labute approximate surface area is 72.9 Å². The summed E-state index contributed by atoms with van der Waals surface area (Å²) >= 11 is 0. The van der Waals surface area contributed by atoms with Crippen LogP contribution in [0.3, 0.4) is 0 Å². The number of aliphatic hydroxyl groups excluding tert-OH is 1. The second kappa shape index (κ2) is 2.86. The van der Waals surface area contributed by atoms with Crippen molar-refractivity contribution in [1.82, 2.24) is 0 Å². The van der Waals surface area contributed by atoms with Crippen LogP contribution in [0.2, 0.25) is 0 Å². The van der Waals surface area contributed by atoms with Gasteiger partial charge in [-0.3, -0.25) is 0 Å². The lowest BCUT2D eigenvalue weighted by molar-refractivity contribution is -0.0883. The number of hydrogen-bond donors (Lipinski definition) is 2. The SMILES string of the molecule is O[C@H]1C=CC[C@@]2(O)CCCC[C@H]12. The van der Waals surface area contributed by atoms with E-state index in [0.29, 0.717) is 0 Å². The zero-order valence-electron chi connectivity index (χ0n) is 7.24. The Morgan fingerprint density at radius 2 is 2.17 bits per heavy atom. The summed E-state index contributed by atoms with van der Waals surface area (Å²) in [5.41, 5.74) is -0.591. The molecule has 0 saturated heterocycles. The fraction of sp³-hybridized carbons (Fsp3) is 0.800. The molecule has 0 aromatic heterocycles. The molecule has 0 spiro atoms. The fourth-order valence-corrected chi connectivity index (χ4v) is 2.54. The summed E-state index contributed by atoms with van der Waals surface area (Å²) in [6.07, 6.45) is 8.14. The molecule has 2 rings (SSSR count). The highest BCUT2D eigenvalue weighted by molar-refractivity contribution is 5.09. The van der Waals surface area contributed by atoms with Gasteiger partial charge in [-0.05, 0) is 19.3 Å².